The van der Waals surface area contributed by atoms with E-state index in [9.17, 15) is 9.59 Å². The maximum absolute atomic E-state index is 12.0. The largest absolute Gasteiger partial charge is 0.480 e. The molecule has 5 heteroatoms. The number of carboxylic acid groups (broad SMARTS) is 1. The zero-order chi connectivity index (χ0) is 13.8. The number of hydrogen-bond acceptors (Lipinski definition) is 3. The van der Waals surface area contributed by atoms with E-state index in [1.165, 1.54) is 4.90 Å². The Hall–Kier alpha value is -2.04. The first-order valence-electron chi connectivity index (χ1n) is 6.44. The molecule has 1 aliphatic heterocycles. The first kappa shape index (κ1) is 13.4. The van der Waals surface area contributed by atoms with Crippen molar-refractivity contribution >= 4 is 17.6 Å². The Bertz CT molecular complexity index is 470. The fourth-order valence-corrected chi connectivity index (χ4v) is 2.40. The molecule has 19 heavy (non-hydrogen) atoms. The molecule has 0 radical (unpaired) electrons. The van der Waals surface area contributed by atoms with Crippen molar-refractivity contribution < 1.29 is 14.7 Å². The van der Waals surface area contributed by atoms with Crippen LogP contribution < -0.4 is 5.73 Å². The van der Waals surface area contributed by atoms with Gasteiger partial charge in [-0.2, -0.15) is 0 Å². The normalized spacial score (nSPS) is 18.5. The van der Waals surface area contributed by atoms with Gasteiger partial charge in [-0.25, -0.2) is 4.79 Å². The molecule has 2 rings (SSSR count). The molecule has 1 heterocycles. The number of amides is 1. The van der Waals surface area contributed by atoms with E-state index in [0.29, 0.717) is 31.5 Å². The van der Waals surface area contributed by atoms with Gasteiger partial charge in [-0.1, -0.05) is 12.1 Å². The van der Waals surface area contributed by atoms with Crippen LogP contribution in [0.15, 0.2) is 24.3 Å². The minimum atomic E-state index is -0.904. The number of carbonyl (C=O) groups excluding carboxylic acids is 1. The molecule has 0 aliphatic carbocycles. The molecule has 1 aromatic carbocycles. The van der Waals surface area contributed by atoms with Crippen molar-refractivity contribution in [2.75, 3.05) is 12.3 Å². The first-order chi connectivity index (χ1) is 9.08. The summed E-state index contributed by atoms with van der Waals surface area (Å²) in [6, 6.07) is 6.74. The molecule has 0 saturated carbocycles. The van der Waals surface area contributed by atoms with Crippen LogP contribution in [0.5, 0.6) is 0 Å². The van der Waals surface area contributed by atoms with E-state index >= 15 is 0 Å². The van der Waals surface area contributed by atoms with Crippen molar-refractivity contribution in [2.24, 2.45) is 0 Å². The van der Waals surface area contributed by atoms with Crippen molar-refractivity contribution in [3.8, 4) is 0 Å². The van der Waals surface area contributed by atoms with Crippen molar-refractivity contribution in [3.63, 3.8) is 0 Å². The molecule has 102 valence electrons. The molecule has 5 nitrogen and oxygen atoms in total. The van der Waals surface area contributed by atoms with Gasteiger partial charge >= 0.3 is 5.97 Å². The van der Waals surface area contributed by atoms with Gasteiger partial charge < -0.3 is 15.7 Å². The third-order valence-corrected chi connectivity index (χ3v) is 3.47. The minimum Gasteiger partial charge on any atom is -0.480 e. The van der Waals surface area contributed by atoms with E-state index < -0.39 is 12.0 Å². The Morgan fingerprint density at radius 3 is 2.63 bits per heavy atom. The van der Waals surface area contributed by atoms with Crippen LogP contribution in [-0.2, 0) is 16.0 Å². The fourth-order valence-electron chi connectivity index (χ4n) is 2.40. The van der Waals surface area contributed by atoms with Gasteiger partial charge in [0, 0.05) is 18.7 Å². The minimum absolute atomic E-state index is 0.0817. The number of aliphatic carboxylic acids is 1. The summed E-state index contributed by atoms with van der Waals surface area (Å²) in [6.07, 6.45) is 2.28. The second-order valence-corrected chi connectivity index (χ2v) is 4.82. The second kappa shape index (κ2) is 5.73. The predicted octanol–water partition coefficient (Wildman–Crippen LogP) is 1.28. The number of rotatable bonds is 4. The van der Waals surface area contributed by atoms with Gasteiger partial charge in [0.2, 0.25) is 5.91 Å². The van der Waals surface area contributed by atoms with Crippen LogP contribution in [0.3, 0.4) is 0 Å². The van der Waals surface area contributed by atoms with Gasteiger partial charge in [0.05, 0.1) is 0 Å². The Balaban J connectivity index is 1.90. The number of aryl methyl sites for hydroxylation is 1. The Morgan fingerprint density at radius 1 is 1.32 bits per heavy atom. The number of benzene rings is 1. The van der Waals surface area contributed by atoms with Crippen LogP contribution in [0.25, 0.3) is 0 Å². The number of likely N-dealkylation sites (tertiary alicyclic amines) is 1. The molecule has 1 saturated heterocycles. The topological polar surface area (TPSA) is 83.6 Å². The van der Waals surface area contributed by atoms with Gasteiger partial charge in [-0.3, -0.25) is 4.79 Å². The second-order valence-electron chi connectivity index (χ2n) is 4.82. The Morgan fingerprint density at radius 2 is 2.00 bits per heavy atom. The van der Waals surface area contributed by atoms with Gasteiger partial charge in [-0.15, -0.1) is 0 Å². The predicted molar refractivity (Wildman–Crippen MR) is 71.5 cm³/mol. The molecule has 3 N–H and O–H groups in total. The standard InChI is InChI=1S/C14H18N2O3/c15-11-6-3-10(4-7-11)5-8-13(17)16-9-1-2-12(16)14(18)19/h3-4,6-7,12H,1-2,5,8-9,15H2,(H,18,19)/t12-/m0/s1. The van der Waals surface area contributed by atoms with E-state index in [-0.39, 0.29) is 5.91 Å². The number of carboxylic acids is 1. The van der Waals surface area contributed by atoms with E-state index in [0.717, 1.165) is 12.0 Å². The summed E-state index contributed by atoms with van der Waals surface area (Å²) >= 11 is 0. The molecule has 0 spiro atoms. The monoisotopic (exact) mass is 262 g/mol. The lowest BCUT2D eigenvalue weighted by atomic mass is 10.1. The average molecular weight is 262 g/mol. The van der Waals surface area contributed by atoms with Crippen LogP contribution in [0.1, 0.15) is 24.8 Å². The maximum Gasteiger partial charge on any atom is 0.326 e. The highest BCUT2D eigenvalue weighted by Crippen LogP contribution is 2.19. The number of carbonyl (C=O) groups is 2. The zero-order valence-corrected chi connectivity index (χ0v) is 10.7. The Kier molecular flexibility index (Phi) is 4.04. The highest BCUT2D eigenvalue weighted by molar-refractivity contribution is 5.84. The van der Waals surface area contributed by atoms with Crippen LogP contribution in [0.4, 0.5) is 5.69 Å². The summed E-state index contributed by atoms with van der Waals surface area (Å²) in [5.74, 6) is -0.986. The van der Waals surface area contributed by atoms with Crippen LogP contribution in [0.2, 0.25) is 0 Å². The van der Waals surface area contributed by atoms with E-state index in [4.69, 9.17) is 10.8 Å². The molecular weight excluding hydrogens is 244 g/mol. The zero-order valence-electron chi connectivity index (χ0n) is 10.7. The van der Waals surface area contributed by atoms with Gasteiger partial charge in [-0.05, 0) is 37.0 Å². The summed E-state index contributed by atoms with van der Waals surface area (Å²) in [5.41, 5.74) is 7.32. The molecule has 1 atom stereocenters. The number of nitrogens with zero attached hydrogens (tertiary/aromatic N) is 1. The third kappa shape index (κ3) is 3.24. The quantitative estimate of drug-likeness (QED) is 0.800. The van der Waals surface area contributed by atoms with E-state index in [2.05, 4.69) is 0 Å². The van der Waals surface area contributed by atoms with Crippen molar-refractivity contribution in [2.45, 2.75) is 31.7 Å². The van der Waals surface area contributed by atoms with Crippen molar-refractivity contribution in [1.82, 2.24) is 4.90 Å². The van der Waals surface area contributed by atoms with Crippen LogP contribution >= 0.6 is 0 Å². The highest BCUT2D eigenvalue weighted by atomic mass is 16.4. The van der Waals surface area contributed by atoms with Gasteiger partial charge in [0.1, 0.15) is 6.04 Å². The lowest BCUT2D eigenvalue weighted by molar-refractivity contribution is -0.148. The van der Waals surface area contributed by atoms with E-state index in [1.807, 2.05) is 12.1 Å². The number of hydrogen-bond donors (Lipinski definition) is 2. The first-order valence-corrected chi connectivity index (χ1v) is 6.44. The third-order valence-electron chi connectivity index (χ3n) is 3.47. The van der Waals surface area contributed by atoms with Crippen LogP contribution in [-0.4, -0.2) is 34.5 Å². The van der Waals surface area contributed by atoms with Crippen LogP contribution in [0, 0.1) is 0 Å². The molecule has 1 aromatic rings. The van der Waals surface area contributed by atoms with Crippen molar-refractivity contribution in [1.29, 1.82) is 0 Å². The molecule has 1 aliphatic rings. The number of anilines is 1. The SMILES string of the molecule is Nc1ccc(CCC(=O)N2CCC[C@H]2C(=O)O)cc1. The lowest BCUT2D eigenvalue weighted by Crippen LogP contribution is -2.40. The molecule has 0 bridgehead atoms. The summed E-state index contributed by atoms with van der Waals surface area (Å²) < 4.78 is 0. The van der Waals surface area contributed by atoms with E-state index in [1.54, 1.807) is 12.1 Å². The van der Waals surface area contributed by atoms with Gasteiger partial charge in [0.15, 0.2) is 0 Å². The fraction of sp³-hybridized carbons (Fsp3) is 0.429. The summed E-state index contributed by atoms with van der Waals surface area (Å²) in [5, 5.41) is 9.04. The van der Waals surface area contributed by atoms with Crippen molar-refractivity contribution in [3.05, 3.63) is 29.8 Å². The number of nitrogens with two attached hydrogens (primary N) is 1. The summed E-state index contributed by atoms with van der Waals surface area (Å²) in [6.45, 7) is 0.553. The molecule has 0 aromatic heterocycles. The average Bonchev–Trinajstić information content (AvgIpc) is 2.87. The molecule has 1 amide bonds. The van der Waals surface area contributed by atoms with Gasteiger partial charge in [0.25, 0.3) is 0 Å². The molecule has 1 fully saturated rings. The molecular formula is C14H18N2O3. The lowest BCUT2D eigenvalue weighted by Gasteiger charge is -2.21. The highest BCUT2D eigenvalue weighted by Gasteiger charge is 2.33. The maximum atomic E-state index is 12.0. The summed E-state index contributed by atoms with van der Waals surface area (Å²) in [4.78, 5) is 24.5. The smallest absolute Gasteiger partial charge is 0.326 e. The molecule has 0 unspecified atom stereocenters. The Labute approximate surface area is 112 Å². The number of nitrogen functional groups attached to an aromatic ring is 1. The summed E-state index contributed by atoms with van der Waals surface area (Å²) in [7, 11) is 0.